The van der Waals surface area contributed by atoms with E-state index in [-0.39, 0.29) is 36.4 Å². The smallest absolute Gasteiger partial charge is 0.339 e. The lowest BCUT2D eigenvalue weighted by Crippen LogP contribution is -2.21. The van der Waals surface area contributed by atoms with Crippen LogP contribution in [0.3, 0.4) is 0 Å². The largest absolute Gasteiger partial charge is 0.454 e. The van der Waals surface area contributed by atoms with Gasteiger partial charge in [0.1, 0.15) is 11.9 Å². The molecule has 1 saturated heterocycles. The molecule has 6 heteroatoms. The van der Waals surface area contributed by atoms with Crippen molar-refractivity contribution in [1.82, 2.24) is 0 Å². The van der Waals surface area contributed by atoms with Gasteiger partial charge in [-0.25, -0.2) is 9.18 Å². The standard InChI is InChI=1S/C20H20FNO3.ClH/c1-12-2-3-14(21)8-13(12)9-19-17-5-4-15(10-18(17)20(24)25-19)22-7-6-16(23)11-22;/h2-5,8,10,16,19,23H,6-7,9,11H2,1H3;1H/t16-,19?;/m1./s1. The Bertz CT molecular complexity index is 842. The number of nitrogens with zero attached hydrogens (tertiary/aromatic N) is 1. The molecule has 2 aromatic carbocycles. The number of carbonyl (C=O) groups is 1. The number of fused-ring (bicyclic) bond motifs is 1. The number of esters is 1. The minimum atomic E-state index is -0.388. The number of cyclic esters (lactones) is 1. The van der Waals surface area contributed by atoms with E-state index in [4.69, 9.17) is 4.74 Å². The Hall–Kier alpha value is -2.11. The van der Waals surface area contributed by atoms with Crippen LogP contribution in [0.5, 0.6) is 0 Å². The zero-order valence-corrected chi connectivity index (χ0v) is 15.3. The summed E-state index contributed by atoms with van der Waals surface area (Å²) in [5, 5.41) is 9.70. The molecule has 0 aromatic heterocycles. The van der Waals surface area contributed by atoms with Gasteiger partial charge in [0.15, 0.2) is 0 Å². The first-order chi connectivity index (χ1) is 12.0. The van der Waals surface area contributed by atoms with Crippen molar-refractivity contribution in [2.75, 3.05) is 18.0 Å². The second-order valence-electron chi connectivity index (χ2n) is 6.83. The van der Waals surface area contributed by atoms with Crippen LogP contribution in [0.4, 0.5) is 10.1 Å². The molecular weight excluding hydrogens is 357 g/mol. The van der Waals surface area contributed by atoms with Crippen molar-refractivity contribution < 1.29 is 19.0 Å². The number of anilines is 1. The molecule has 0 radical (unpaired) electrons. The predicted molar refractivity (Wildman–Crippen MR) is 99.5 cm³/mol. The zero-order chi connectivity index (χ0) is 17.6. The van der Waals surface area contributed by atoms with Crippen molar-refractivity contribution in [3.05, 3.63) is 64.5 Å². The molecule has 138 valence electrons. The van der Waals surface area contributed by atoms with Gasteiger partial charge in [0.05, 0.1) is 11.7 Å². The SMILES string of the molecule is Cc1ccc(F)cc1CC1OC(=O)c2cc(N3CC[C@@H](O)C3)ccc21.Cl. The highest BCUT2D eigenvalue weighted by Gasteiger charge is 2.32. The van der Waals surface area contributed by atoms with Gasteiger partial charge >= 0.3 is 5.97 Å². The van der Waals surface area contributed by atoms with Crippen LogP contribution >= 0.6 is 12.4 Å². The minimum Gasteiger partial charge on any atom is -0.454 e. The summed E-state index contributed by atoms with van der Waals surface area (Å²) < 4.78 is 19.1. The van der Waals surface area contributed by atoms with Crippen molar-refractivity contribution in [2.45, 2.75) is 32.0 Å². The summed E-state index contributed by atoms with van der Waals surface area (Å²) in [6, 6.07) is 10.4. The van der Waals surface area contributed by atoms with E-state index in [1.165, 1.54) is 12.1 Å². The second-order valence-corrected chi connectivity index (χ2v) is 6.83. The van der Waals surface area contributed by atoms with Crippen LogP contribution in [-0.4, -0.2) is 30.3 Å². The number of hydrogen-bond acceptors (Lipinski definition) is 4. The Morgan fingerprint density at radius 2 is 2.08 bits per heavy atom. The molecule has 2 atom stereocenters. The summed E-state index contributed by atoms with van der Waals surface area (Å²) in [5.74, 6) is -0.622. The van der Waals surface area contributed by atoms with Crippen LogP contribution in [0.15, 0.2) is 36.4 Å². The van der Waals surface area contributed by atoms with Gasteiger partial charge in [0.2, 0.25) is 0 Å². The van der Waals surface area contributed by atoms with Crippen LogP contribution in [0.1, 0.15) is 39.6 Å². The maximum Gasteiger partial charge on any atom is 0.339 e. The van der Waals surface area contributed by atoms with Gasteiger partial charge in [-0.15, -0.1) is 12.4 Å². The third kappa shape index (κ3) is 3.41. The summed E-state index contributed by atoms with van der Waals surface area (Å²) >= 11 is 0. The molecule has 2 aromatic rings. The third-order valence-electron chi connectivity index (χ3n) is 5.10. The van der Waals surface area contributed by atoms with Gasteiger partial charge in [0, 0.05) is 30.8 Å². The number of rotatable bonds is 3. The van der Waals surface area contributed by atoms with E-state index in [1.807, 2.05) is 25.1 Å². The molecule has 0 amide bonds. The molecule has 1 fully saturated rings. The number of ether oxygens (including phenoxy) is 1. The second kappa shape index (κ2) is 7.25. The molecule has 0 saturated carbocycles. The Kier molecular flexibility index (Phi) is 5.21. The van der Waals surface area contributed by atoms with Gasteiger partial charge in [-0.3, -0.25) is 0 Å². The molecule has 1 unspecified atom stereocenters. The van der Waals surface area contributed by atoms with E-state index in [0.717, 1.165) is 35.3 Å². The number of benzene rings is 2. The highest BCUT2D eigenvalue weighted by molar-refractivity contribution is 5.95. The molecule has 2 aliphatic rings. The number of aryl methyl sites for hydroxylation is 1. The number of carbonyl (C=O) groups excluding carboxylic acids is 1. The van der Waals surface area contributed by atoms with Gasteiger partial charge < -0.3 is 14.7 Å². The van der Waals surface area contributed by atoms with E-state index in [2.05, 4.69) is 4.90 Å². The molecule has 0 aliphatic carbocycles. The number of aliphatic hydroxyl groups is 1. The van der Waals surface area contributed by atoms with Crippen LogP contribution in [0.25, 0.3) is 0 Å². The first-order valence-corrected chi connectivity index (χ1v) is 8.54. The zero-order valence-electron chi connectivity index (χ0n) is 14.4. The van der Waals surface area contributed by atoms with E-state index < -0.39 is 0 Å². The van der Waals surface area contributed by atoms with Gasteiger partial charge in [-0.05, 0) is 48.7 Å². The van der Waals surface area contributed by atoms with Crippen molar-refractivity contribution in [2.24, 2.45) is 0 Å². The molecule has 4 nitrogen and oxygen atoms in total. The number of β-amino-alcohol motifs (C(OH)–C–C–N with tert-alkyl or cyclic N) is 1. The fraction of sp³-hybridized carbons (Fsp3) is 0.350. The highest BCUT2D eigenvalue weighted by atomic mass is 35.5. The fourth-order valence-electron chi connectivity index (χ4n) is 3.64. The van der Waals surface area contributed by atoms with Crippen LogP contribution in [0.2, 0.25) is 0 Å². The summed E-state index contributed by atoms with van der Waals surface area (Å²) in [4.78, 5) is 14.4. The normalized spacial score (nSPS) is 21.3. The molecule has 2 heterocycles. The number of halogens is 2. The van der Waals surface area contributed by atoms with Crippen molar-refractivity contribution >= 4 is 24.1 Å². The van der Waals surface area contributed by atoms with Crippen molar-refractivity contribution in [1.29, 1.82) is 0 Å². The number of aliphatic hydroxyl groups excluding tert-OH is 1. The first kappa shape index (κ1) is 18.7. The highest BCUT2D eigenvalue weighted by Crippen LogP contribution is 2.36. The van der Waals surface area contributed by atoms with Gasteiger partial charge in [-0.1, -0.05) is 12.1 Å². The first-order valence-electron chi connectivity index (χ1n) is 8.54. The lowest BCUT2D eigenvalue weighted by Gasteiger charge is -2.18. The van der Waals surface area contributed by atoms with Crippen LogP contribution in [-0.2, 0) is 11.2 Å². The summed E-state index contributed by atoms with van der Waals surface area (Å²) in [6.45, 7) is 3.29. The lowest BCUT2D eigenvalue weighted by atomic mass is 9.96. The number of hydrogen-bond donors (Lipinski definition) is 1. The molecule has 1 N–H and O–H groups in total. The van der Waals surface area contributed by atoms with Crippen LogP contribution in [0, 0.1) is 12.7 Å². The van der Waals surface area contributed by atoms with Gasteiger partial charge in [0.25, 0.3) is 0 Å². The Balaban J connectivity index is 0.00000196. The predicted octanol–water partition coefficient (Wildman–Crippen LogP) is 3.58. The Labute approximate surface area is 158 Å². The molecule has 26 heavy (non-hydrogen) atoms. The summed E-state index contributed by atoms with van der Waals surface area (Å²) in [6.07, 6.45) is 0.498. The molecule has 4 rings (SSSR count). The fourth-order valence-corrected chi connectivity index (χ4v) is 3.64. The summed E-state index contributed by atoms with van der Waals surface area (Å²) in [7, 11) is 0. The Morgan fingerprint density at radius 3 is 2.81 bits per heavy atom. The quantitative estimate of drug-likeness (QED) is 0.831. The van der Waals surface area contributed by atoms with E-state index in [1.54, 1.807) is 6.07 Å². The Morgan fingerprint density at radius 1 is 1.27 bits per heavy atom. The monoisotopic (exact) mass is 377 g/mol. The van der Waals surface area contributed by atoms with Crippen molar-refractivity contribution in [3.8, 4) is 0 Å². The van der Waals surface area contributed by atoms with E-state index >= 15 is 0 Å². The maximum atomic E-state index is 13.5. The average molecular weight is 378 g/mol. The van der Waals surface area contributed by atoms with Crippen molar-refractivity contribution in [3.63, 3.8) is 0 Å². The van der Waals surface area contributed by atoms with E-state index in [0.29, 0.717) is 18.5 Å². The lowest BCUT2D eigenvalue weighted by molar-refractivity contribution is 0.0386. The topological polar surface area (TPSA) is 49.8 Å². The maximum absolute atomic E-state index is 13.5. The molecule has 2 aliphatic heterocycles. The van der Waals surface area contributed by atoms with E-state index in [9.17, 15) is 14.3 Å². The molecule has 0 spiro atoms. The molecular formula is C20H21ClFNO3. The van der Waals surface area contributed by atoms with Crippen LogP contribution < -0.4 is 4.90 Å². The molecule has 0 bridgehead atoms. The van der Waals surface area contributed by atoms with Gasteiger partial charge in [-0.2, -0.15) is 0 Å². The average Bonchev–Trinajstić information content (AvgIpc) is 3.15. The summed E-state index contributed by atoms with van der Waals surface area (Å²) in [5.41, 5.74) is 4.16. The minimum absolute atomic E-state index is 0. The third-order valence-corrected chi connectivity index (χ3v) is 5.10.